The lowest BCUT2D eigenvalue weighted by Gasteiger charge is -2.04. The van der Waals surface area contributed by atoms with Crippen molar-refractivity contribution in [2.75, 3.05) is 0 Å². The maximum Gasteiger partial charge on any atom is 0.0840 e. The molecule has 0 aromatic carbocycles. The van der Waals surface area contributed by atoms with Crippen LogP contribution in [0.15, 0.2) is 24.4 Å². The smallest absolute Gasteiger partial charge is 0.0840 e. The summed E-state index contributed by atoms with van der Waals surface area (Å²) in [6.07, 6.45) is 2.88. The average Bonchev–Trinajstić information content (AvgIpc) is 2.76. The minimum atomic E-state index is 0.328. The summed E-state index contributed by atoms with van der Waals surface area (Å²) in [7, 11) is 0. The van der Waals surface area contributed by atoms with Crippen LogP contribution < -0.4 is 0 Å². The molecule has 1 saturated carbocycles. The molecule has 1 aromatic rings. The minimum absolute atomic E-state index is 0.328. The van der Waals surface area contributed by atoms with Crippen LogP contribution in [0, 0.1) is 16.7 Å². The molecule has 2 heteroatoms. The minimum Gasteiger partial charge on any atom is -0.303 e. The zero-order valence-corrected chi connectivity index (χ0v) is 8.04. The topological polar surface area (TPSA) is 36.7 Å². The second-order valence-corrected chi connectivity index (χ2v) is 4.37. The highest BCUT2D eigenvalue weighted by molar-refractivity contribution is 6.00. The molecular formula is C11H14N2. The predicted molar refractivity (Wildman–Crippen MR) is 53.0 cm³/mol. The van der Waals surface area contributed by atoms with E-state index >= 15 is 0 Å². The summed E-state index contributed by atoms with van der Waals surface area (Å²) in [5.41, 5.74) is 1.86. The van der Waals surface area contributed by atoms with Crippen molar-refractivity contribution in [3.05, 3.63) is 30.1 Å². The van der Waals surface area contributed by atoms with Crippen LogP contribution in [0.4, 0.5) is 0 Å². The molecule has 1 aliphatic rings. The maximum atomic E-state index is 7.94. The number of hydrogen-bond donors (Lipinski definition) is 1. The highest BCUT2D eigenvalue weighted by Gasteiger charge is 2.48. The molecule has 0 radical (unpaired) electrons. The molecule has 0 bridgehead atoms. The molecule has 0 spiro atoms. The molecule has 0 amide bonds. The first-order chi connectivity index (χ1) is 6.11. The second kappa shape index (κ2) is 2.66. The molecule has 1 atom stereocenters. The van der Waals surface area contributed by atoms with Crippen molar-refractivity contribution < 1.29 is 0 Å². The summed E-state index contributed by atoms with van der Waals surface area (Å²) in [5, 5.41) is 7.94. The van der Waals surface area contributed by atoms with Crippen molar-refractivity contribution in [3.8, 4) is 0 Å². The van der Waals surface area contributed by atoms with E-state index < -0.39 is 0 Å². The first kappa shape index (κ1) is 8.42. The molecule has 1 aromatic heterocycles. The Kier molecular flexibility index (Phi) is 1.72. The van der Waals surface area contributed by atoms with E-state index in [0.29, 0.717) is 17.0 Å². The fourth-order valence-electron chi connectivity index (χ4n) is 1.66. The summed E-state index contributed by atoms with van der Waals surface area (Å²) in [6, 6.07) is 5.73. The third-order valence-electron chi connectivity index (χ3n) is 2.80. The molecule has 13 heavy (non-hydrogen) atoms. The van der Waals surface area contributed by atoms with E-state index in [4.69, 9.17) is 5.41 Å². The van der Waals surface area contributed by atoms with E-state index in [0.717, 1.165) is 12.1 Å². The van der Waals surface area contributed by atoms with Gasteiger partial charge in [-0.15, -0.1) is 0 Å². The molecule has 1 heterocycles. The van der Waals surface area contributed by atoms with Crippen LogP contribution in [-0.2, 0) is 0 Å². The van der Waals surface area contributed by atoms with Crippen molar-refractivity contribution >= 4 is 5.71 Å². The quantitative estimate of drug-likeness (QED) is 0.687. The van der Waals surface area contributed by atoms with E-state index in [-0.39, 0.29) is 0 Å². The lowest BCUT2D eigenvalue weighted by atomic mass is 10.0. The van der Waals surface area contributed by atoms with Crippen LogP contribution in [0.5, 0.6) is 0 Å². The van der Waals surface area contributed by atoms with Gasteiger partial charge in [-0.2, -0.15) is 0 Å². The summed E-state index contributed by atoms with van der Waals surface area (Å²) in [5.74, 6) is 0.419. The number of hydrogen-bond acceptors (Lipinski definition) is 2. The monoisotopic (exact) mass is 174 g/mol. The Morgan fingerprint density at radius 2 is 2.23 bits per heavy atom. The van der Waals surface area contributed by atoms with Crippen LogP contribution >= 0.6 is 0 Å². The third-order valence-corrected chi connectivity index (χ3v) is 2.80. The molecule has 68 valence electrons. The fourth-order valence-corrected chi connectivity index (χ4v) is 1.66. The van der Waals surface area contributed by atoms with Crippen LogP contribution in [0.25, 0.3) is 0 Å². The molecule has 0 saturated heterocycles. The molecule has 1 aliphatic carbocycles. The molecule has 2 rings (SSSR count). The summed E-state index contributed by atoms with van der Waals surface area (Å²) < 4.78 is 0. The Labute approximate surface area is 78.5 Å². The van der Waals surface area contributed by atoms with Gasteiger partial charge >= 0.3 is 0 Å². The van der Waals surface area contributed by atoms with Gasteiger partial charge in [0.15, 0.2) is 0 Å². The van der Waals surface area contributed by atoms with Gasteiger partial charge in [0, 0.05) is 12.1 Å². The molecule has 1 fully saturated rings. The van der Waals surface area contributed by atoms with E-state index in [1.807, 2.05) is 18.2 Å². The van der Waals surface area contributed by atoms with Gasteiger partial charge in [-0.3, -0.25) is 4.98 Å². The molecule has 1 N–H and O–H groups in total. The van der Waals surface area contributed by atoms with Crippen molar-refractivity contribution in [1.82, 2.24) is 4.98 Å². The van der Waals surface area contributed by atoms with Gasteiger partial charge in [-0.25, -0.2) is 0 Å². The molecular weight excluding hydrogens is 160 g/mol. The number of rotatable bonds is 2. The Morgan fingerprint density at radius 3 is 2.69 bits per heavy atom. The SMILES string of the molecule is CC1(C)CC1C(=N)c1ccccn1. The van der Waals surface area contributed by atoms with Crippen LogP contribution in [0.1, 0.15) is 26.0 Å². The van der Waals surface area contributed by atoms with E-state index in [9.17, 15) is 0 Å². The average molecular weight is 174 g/mol. The second-order valence-electron chi connectivity index (χ2n) is 4.37. The highest BCUT2D eigenvalue weighted by Crippen LogP contribution is 2.52. The third kappa shape index (κ3) is 1.48. The van der Waals surface area contributed by atoms with E-state index in [2.05, 4.69) is 18.8 Å². The standard InChI is InChI=1S/C11H14N2/c1-11(2)7-8(11)10(12)9-5-3-4-6-13-9/h3-6,8,12H,7H2,1-2H3. The zero-order valence-electron chi connectivity index (χ0n) is 8.04. The largest absolute Gasteiger partial charge is 0.303 e. The van der Waals surface area contributed by atoms with Crippen LogP contribution in [0.2, 0.25) is 0 Å². The Balaban J connectivity index is 2.17. The van der Waals surface area contributed by atoms with Crippen molar-refractivity contribution in [3.63, 3.8) is 0 Å². The van der Waals surface area contributed by atoms with Gasteiger partial charge in [-0.1, -0.05) is 19.9 Å². The molecule has 0 aliphatic heterocycles. The normalized spacial score (nSPS) is 24.0. The zero-order chi connectivity index (χ0) is 9.47. The highest BCUT2D eigenvalue weighted by atomic mass is 14.7. The van der Waals surface area contributed by atoms with Gasteiger partial charge < -0.3 is 5.41 Å². The van der Waals surface area contributed by atoms with Gasteiger partial charge in [0.1, 0.15) is 0 Å². The van der Waals surface area contributed by atoms with Gasteiger partial charge in [0.2, 0.25) is 0 Å². The number of nitrogens with one attached hydrogen (secondary N) is 1. The Hall–Kier alpha value is -1.18. The Morgan fingerprint density at radius 1 is 1.54 bits per heavy atom. The lowest BCUT2D eigenvalue weighted by molar-refractivity contribution is 0.620. The first-order valence-electron chi connectivity index (χ1n) is 4.61. The van der Waals surface area contributed by atoms with Gasteiger partial charge in [0.05, 0.1) is 11.4 Å². The van der Waals surface area contributed by atoms with Crippen molar-refractivity contribution in [1.29, 1.82) is 5.41 Å². The van der Waals surface area contributed by atoms with Crippen LogP contribution in [-0.4, -0.2) is 10.7 Å². The van der Waals surface area contributed by atoms with Crippen molar-refractivity contribution in [2.45, 2.75) is 20.3 Å². The van der Waals surface area contributed by atoms with Gasteiger partial charge in [-0.05, 0) is 24.0 Å². The van der Waals surface area contributed by atoms with E-state index in [1.165, 1.54) is 0 Å². The maximum absolute atomic E-state index is 7.94. The van der Waals surface area contributed by atoms with Crippen LogP contribution in [0.3, 0.4) is 0 Å². The lowest BCUT2D eigenvalue weighted by Crippen LogP contribution is -2.07. The summed E-state index contributed by atoms with van der Waals surface area (Å²) in [6.45, 7) is 4.41. The number of nitrogens with zero attached hydrogens (tertiary/aromatic N) is 1. The summed E-state index contributed by atoms with van der Waals surface area (Å²) >= 11 is 0. The fraction of sp³-hybridized carbons (Fsp3) is 0.455. The Bertz CT molecular complexity index is 327. The van der Waals surface area contributed by atoms with Gasteiger partial charge in [0.25, 0.3) is 0 Å². The van der Waals surface area contributed by atoms with Crippen molar-refractivity contribution in [2.24, 2.45) is 11.3 Å². The predicted octanol–water partition coefficient (Wildman–Crippen LogP) is 2.50. The number of aromatic nitrogens is 1. The summed E-state index contributed by atoms with van der Waals surface area (Å²) in [4.78, 5) is 4.18. The first-order valence-corrected chi connectivity index (χ1v) is 4.61. The molecule has 2 nitrogen and oxygen atoms in total. The molecule has 1 unspecified atom stereocenters. The number of pyridine rings is 1. The van der Waals surface area contributed by atoms with E-state index in [1.54, 1.807) is 6.20 Å².